The fraction of sp³-hybridized carbons (Fsp3) is 0.208. The zero-order valence-electron chi connectivity index (χ0n) is 16.1. The molecule has 0 aliphatic carbocycles. The van der Waals surface area contributed by atoms with Crippen LogP contribution in [0.15, 0.2) is 84.9 Å². The van der Waals surface area contributed by atoms with Crippen molar-refractivity contribution in [3.05, 3.63) is 90.5 Å². The summed E-state index contributed by atoms with van der Waals surface area (Å²) in [4.78, 5) is 5.65. The molecule has 0 radical (unpaired) electrons. The summed E-state index contributed by atoms with van der Waals surface area (Å²) in [5.74, 6) is 0. The van der Waals surface area contributed by atoms with Crippen molar-refractivity contribution in [3.8, 4) is 0 Å². The van der Waals surface area contributed by atoms with Gasteiger partial charge in [0.1, 0.15) is 4.99 Å². The Morgan fingerprint density at radius 2 is 1.39 bits per heavy atom. The Kier molecular flexibility index (Phi) is 5.58. The molecule has 28 heavy (non-hydrogen) atoms. The summed E-state index contributed by atoms with van der Waals surface area (Å²) < 4.78 is 0. The van der Waals surface area contributed by atoms with Gasteiger partial charge in [0.25, 0.3) is 0 Å². The van der Waals surface area contributed by atoms with E-state index in [0.717, 1.165) is 30.2 Å². The molecule has 3 aromatic carbocycles. The average Bonchev–Trinajstić information content (AvgIpc) is 3.07. The summed E-state index contributed by atoms with van der Waals surface area (Å²) in [6, 6.07) is 29.4. The molecule has 1 aliphatic rings. The number of fused-ring (bicyclic) bond motifs is 1. The average molecular weight is 388 g/mol. The standard InChI is InChI=1S/C24H25N3S/c1-2-26-21-15-9-10-16-22(21)27(18-17-19-11-5-3-6-12-19)24(26)23(28)25-20-13-7-4-8-14-20/h3-16,24H,2,17-18H2,1H3,(H,25,28). The molecule has 1 unspecified atom stereocenters. The van der Waals surface area contributed by atoms with E-state index < -0.39 is 0 Å². The summed E-state index contributed by atoms with van der Waals surface area (Å²) in [6.45, 7) is 4.01. The molecular formula is C24H25N3S. The maximum atomic E-state index is 5.90. The topological polar surface area (TPSA) is 18.5 Å². The van der Waals surface area contributed by atoms with Crippen LogP contribution in [0.25, 0.3) is 0 Å². The highest BCUT2D eigenvalue weighted by Gasteiger charge is 2.37. The maximum absolute atomic E-state index is 5.90. The highest BCUT2D eigenvalue weighted by atomic mass is 32.1. The normalized spacial score (nSPS) is 15.4. The highest BCUT2D eigenvalue weighted by Crippen LogP contribution is 2.40. The number of hydrogen-bond acceptors (Lipinski definition) is 3. The minimum atomic E-state index is 0.0151. The van der Waals surface area contributed by atoms with Crippen molar-refractivity contribution in [2.75, 3.05) is 28.2 Å². The highest BCUT2D eigenvalue weighted by molar-refractivity contribution is 7.80. The summed E-state index contributed by atoms with van der Waals surface area (Å²) in [6.07, 6.45) is 0.998. The van der Waals surface area contributed by atoms with Crippen molar-refractivity contribution < 1.29 is 0 Å². The molecular weight excluding hydrogens is 362 g/mol. The fourth-order valence-electron chi connectivity index (χ4n) is 3.87. The molecule has 1 atom stereocenters. The number of nitrogens with zero attached hydrogens (tertiary/aromatic N) is 2. The lowest BCUT2D eigenvalue weighted by Gasteiger charge is -2.33. The van der Waals surface area contributed by atoms with Gasteiger partial charge in [-0.05, 0) is 43.2 Å². The maximum Gasteiger partial charge on any atom is 0.154 e. The van der Waals surface area contributed by atoms with Crippen molar-refractivity contribution >= 4 is 34.3 Å². The van der Waals surface area contributed by atoms with E-state index in [0.29, 0.717) is 0 Å². The van der Waals surface area contributed by atoms with E-state index in [1.807, 2.05) is 18.2 Å². The van der Waals surface area contributed by atoms with E-state index in [1.165, 1.54) is 16.9 Å². The Morgan fingerprint density at radius 1 is 0.821 bits per heavy atom. The number of para-hydroxylation sites is 3. The van der Waals surface area contributed by atoms with E-state index in [4.69, 9.17) is 12.2 Å². The zero-order valence-corrected chi connectivity index (χ0v) is 16.9. The van der Waals surface area contributed by atoms with Crippen molar-refractivity contribution in [1.82, 2.24) is 0 Å². The lowest BCUT2D eigenvalue weighted by Crippen LogP contribution is -2.51. The summed E-state index contributed by atoms with van der Waals surface area (Å²) in [7, 11) is 0. The van der Waals surface area contributed by atoms with Gasteiger partial charge in [-0.3, -0.25) is 0 Å². The first-order chi connectivity index (χ1) is 13.8. The van der Waals surface area contributed by atoms with E-state index in [9.17, 15) is 0 Å². The third-order valence-corrected chi connectivity index (χ3v) is 5.50. The molecule has 1 heterocycles. The summed E-state index contributed by atoms with van der Waals surface area (Å²) >= 11 is 5.90. The lowest BCUT2D eigenvalue weighted by molar-refractivity contribution is 0.705. The van der Waals surface area contributed by atoms with Gasteiger partial charge in [-0.15, -0.1) is 0 Å². The Bertz CT molecular complexity index is 927. The summed E-state index contributed by atoms with van der Waals surface area (Å²) in [5.41, 5.74) is 4.88. The first-order valence-electron chi connectivity index (χ1n) is 9.80. The van der Waals surface area contributed by atoms with Crippen LogP contribution in [0.5, 0.6) is 0 Å². The van der Waals surface area contributed by atoms with Gasteiger partial charge in [-0.2, -0.15) is 0 Å². The van der Waals surface area contributed by atoms with Gasteiger partial charge < -0.3 is 15.1 Å². The second kappa shape index (κ2) is 8.44. The Morgan fingerprint density at radius 3 is 2.04 bits per heavy atom. The Labute approximate surface area is 172 Å². The van der Waals surface area contributed by atoms with Crippen LogP contribution in [0.2, 0.25) is 0 Å². The molecule has 3 aromatic rings. The molecule has 3 nitrogen and oxygen atoms in total. The zero-order chi connectivity index (χ0) is 19.3. The molecule has 1 aliphatic heterocycles. The van der Waals surface area contributed by atoms with Crippen LogP contribution in [0.3, 0.4) is 0 Å². The molecule has 0 saturated carbocycles. The predicted octanol–water partition coefficient (Wildman–Crippen LogP) is 5.34. The van der Waals surface area contributed by atoms with Crippen LogP contribution < -0.4 is 15.1 Å². The first kappa shape index (κ1) is 18.5. The minimum Gasteiger partial charge on any atom is -0.347 e. The van der Waals surface area contributed by atoms with E-state index in [-0.39, 0.29) is 6.17 Å². The van der Waals surface area contributed by atoms with Gasteiger partial charge in [0, 0.05) is 18.8 Å². The third-order valence-electron chi connectivity index (χ3n) is 5.19. The molecule has 1 N–H and O–H groups in total. The minimum absolute atomic E-state index is 0.0151. The van der Waals surface area contributed by atoms with Gasteiger partial charge in [0.15, 0.2) is 6.17 Å². The van der Waals surface area contributed by atoms with Crippen LogP contribution in [-0.4, -0.2) is 24.2 Å². The van der Waals surface area contributed by atoms with Crippen molar-refractivity contribution in [2.24, 2.45) is 0 Å². The van der Waals surface area contributed by atoms with Crippen molar-refractivity contribution in [2.45, 2.75) is 19.5 Å². The molecule has 4 heteroatoms. The number of anilines is 3. The van der Waals surface area contributed by atoms with Crippen molar-refractivity contribution in [3.63, 3.8) is 0 Å². The monoisotopic (exact) mass is 387 g/mol. The van der Waals surface area contributed by atoms with Gasteiger partial charge in [0.05, 0.1) is 11.4 Å². The SMILES string of the molecule is CCN1c2ccccc2N(CCc2ccccc2)C1C(=S)Nc1ccccc1. The lowest BCUT2D eigenvalue weighted by atomic mass is 10.1. The number of benzene rings is 3. The Balaban J connectivity index is 1.62. The van der Waals surface area contributed by atoms with Crippen LogP contribution in [0.4, 0.5) is 17.1 Å². The van der Waals surface area contributed by atoms with Gasteiger partial charge in [-0.25, -0.2) is 0 Å². The summed E-state index contributed by atoms with van der Waals surface area (Å²) in [5, 5.41) is 3.46. The quantitative estimate of drug-likeness (QED) is 0.575. The third kappa shape index (κ3) is 3.73. The molecule has 0 spiro atoms. The number of likely N-dealkylation sites (N-methyl/N-ethyl adjacent to an activating group) is 1. The molecule has 0 aromatic heterocycles. The van der Waals surface area contributed by atoms with Crippen LogP contribution in [-0.2, 0) is 6.42 Å². The largest absolute Gasteiger partial charge is 0.347 e. The second-order valence-electron chi connectivity index (χ2n) is 6.93. The van der Waals surface area contributed by atoms with Crippen LogP contribution in [0.1, 0.15) is 12.5 Å². The molecule has 4 rings (SSSR count). The molecule has 0 amide bonds. The van der Waals surface area contributed by atoms with Crippen LogP contribution >= 0.6 is 12.2 Å². The van der Waals surface area contributed by atoms with Crippen molar-refractivity contribution in [1.29, 1.82) is 0 Å². The number of thiocarbonyl (C=S) groups is 1. The number of rotatable bonds is 6. The fourth-order valence-corrected chi connectivity index (χ4v) is 4.25. The second-order valence-corrected chi connectivity index (χ2v) is 7.37. The molecule has 0 saturated heterocycles. The van der Waals surface area contributed by atoms with E-state index in [2.05, 4.69) is 88.8 Å². The van der Waals surface area contributed by atoms with Gasteiger partial charge in [0.2, 0.25) is 0 Å². The van der Waals surface area contributed by atoms with Gasteiger partial charge >= 0.3 is 0 Å². The van der Waals surface area contributed by atoms with E-state index >= 15 is 0 Å². The molecule has 0 fully saturated rings. The Hall–Kier alpha value is -2.85. The van der Waals surface area contributed by atoms with Crippen LogP contribution in [0, 0.1) is 0 Å². The van der Waals surface area contributed by atoms with Gasteiger partial charge in [-0.1, -0.05) is 72.9 Å². The molecule has 142 valence electrons. The molecule has 0 bridgehead atoms. The number of nitrogens with one attached hydrogen (secondary N) is 1. The predicted molar refractivity (Wildman–Crippen MR) is 123 cm³/mol. The van der Waals surface area contributed by atoms with E-state index in [1.54, 1.807) is 0 Å². The smallest absolute Gasteiger partial charge is 0.154 e. The first-order valence-corrected chi connectivity index (χ1v) is 10.2. The number of hydrogen-bond donors (Lipinski definition) is 1.